The Kier molecular flexibility index (Phi) is 5.63. The van der Waals surface area contributed by atoms with Gasteiger partial charge in [-0.25, -0.2) is 0 Å². The molecule has 0 heterocycles. The van der Waals surface area contributed by atoms with E-state index in [-0.39, 0.29) is 0 Å². The van der Waals surface area contributed by atoms with Crippen LogP contribution in [0.25, 0.3) is 0 Å². The minimum atomic E-state index is 0.624. The predicted octanol–water partition coefficient (Wildman–Crippen LogP) is 3.13. The topological polar surface area (TPSA) is 25.8 Å². The Hall–Kier alpha value is -1.80. The third-order valence-corrected chi connectivity index (χ3v) is 3.57. The van der Waals surface area contributed by atoms with Crippen LogP contribution in [0.3, 0.4) is 0 Å². The van der Waals surface area contributed by atoms with Crippen LogP contribution < -0.4 is 10.1 Å². The molecule has 0 bridgehead atoms. The lowest BCUT2D eigenvalue weighted by molar-refractivity contribution is -0.701. The predicted molar refractivity (Wildman–Crippen MR) is 82.6 cm³/mol. The number of ether oxygens (including phenoxy) is 1. The molecule has 0 spiro atoms. The van der Waals surface area contributed by atoms with Gasteiger partial charge in [0.05, 0.1) is 6.04 Å². The Morgan fingerprint density at radius 1 is 0.950 bits per heavy atom. The fourth-order valence-electron chi connectivity index (χ4n) is 1.97. The van der Waals surface area contributed by atoms with E-state index in [0.717, 1.165) is 12.3 Å². The zero-order valence-electron chi connectivity index (χ0n) is 12.4. The van der Waals surface area contributed by atoms with Gasteiger partial charge in [-0.3, -0.25) is 0 Å². The van der Waals surface area contributed by atoms with Gasteiger partial charge in [0.2, 0.25) is 0 Å². The molecule has 2 aromatic rings. The van der Waals surface area contributed by atoms with E-state index in [2.05, 4.69) is 55.6 Å². The van der Waals surface area contributed by atoms with Crippen molar-refractivity contribution < 1.29 is 10.1 Å². The maximum absolute atomic E-state index is 5.78. The molecular weight excluding hydrogens is 246 g/mol. The minimum absolute atomic E-state index is 0.624. The molecule has 0 aliphatic carbocycles. The SMILES string of the molecule is CC[C@@H](C)[NH2+]Cc1ccc(OCc2ccccc2)cc1. The summed E-state index contributed by atoms with van der Waals surface area (Å²) in [7, 11) is 0. The van der Waals surface area contributed by atoms with Gasteiger partial charge in [0.15, 0.2) is 0 Å². The van der Waals surface area contributed by atoms with Crippen LogP contribution >= 0.6 is 0 Å². The number of hydrogen-bond donors (Lipinski definition) is 1. The summed E-state index contributed by atoms with van der Waals surface area (Å²) in [6.07, 6.45) is 1.21. The van der Waals surface area contributed by atoms with E-state index in [9.17, 15) is 0 Å². The van der Waals surface area contributed by atoms with Crippen molar-refractivity contribution in [2.75, 3.05) is 0 Å². The van der Waals surface area contributed by atoms with Gasteiger partial charge in [0.1, 0.15) is 18.9 Å². The summed E-state index contributed by atoms with van der Waals surface area (Å²) >= 11 is 0. The van der Waals surface area contributed by atoms with Crippen LogP contribution in [0.2, 0.25) is 0 Å². The van der Waals surface area contributed by atoms with Gasteiger partial charge < -0.3 is 10.1 Å². The zero-order chi connectivity index (χ0) is 14.2. The van der Waals surface area contributed by atoms with E-state index in [1.165, 1.54) is 17.5 Å². The van der Waals surface area contributed by atoms with E-state index in [1.807, 2.05) is 18.2 Å². The first-order valence-electron chi connectivity index (χ1n) is 7.37. The second-order valence-electron chi connectivity index (χ2n) is 5.24. The monoisotopic (exact) mass is 270 g/mol. The molecule has 106 valence electrons. The normalized spacial score (nSPS) is 12.1. The van der Waals surface area contributed by atoms with Crippen LogP contribution in [0.15, 0.2) is 54.6 Å². The number of benzene rings is 2. The molecule has 2 rings (SSSR count). The van der Waals surface area contributed by atoms with E-state index < -0.39 is 0 Å². The molecule has 0 aliphatic heterocycles. The number of quaternary nitrogens is 1. The maximum Gasteiger partial charge on any atom is 0.119 e. The fourth-order valence-corrected chi connectivity index (χ4v) is 1.97. The molecule has 0 unspecified atom stereocenters. The van der Waals surface area contributed by atoms with Crippen LogP contribution in [0.5, 0.6) is 5.75 Å². The van der Waals surface area contributed by atoms with Crippen molar-refractivity contribution in [3.8, 4) is 5.75 Å². The molecule has 0 amide bonds. The minimum Gasteiger partial charge on any atom is -0.489 e. The van der Waals surface area contributed by atoms with Crippen molar-refractivity contribution in [3.05, 3.63) is 65.7 Å². The molecule has 0 saturated heterocycles. The lowest BCUT2D eigenvalue weighted by atomic mass is 10.2. The molecule has 2 nitrogen and oxygen atoms in total. The zero-order valence-corrected chi connectivity index (χ0v) is 12.4. The lowest BCUT2D eigenvalue weighted by Crippen LogP contribution is -2.87. The van der Waals surface area contributed by atoms with E-state index in [4.69, 9.17) is 4.74 Å². The highest BCUT2D eigenvalue weighted by molar-refractivity contribution is 5.27. The van der Waals surface area contributed by atoms with Crippen molar-refractivity contribution in [3.63, 3.8) is 0 Å². The molecule has 2 heteroatoms. The average Bonchev–Trinajstić information content (AvgIpc) is 2.52. The summed E-state index contributed by atoms with van der Waals surface area (Å²) in [5.41, 5.74) is 2.54. The highest BCUT2D eigenvalue weighted by Gasteiger charge is 2.02. The van der Waals surface area contributed by atoms with Gasteiger partial charge in [-0.15, -0.1) is 0 Å². The molecule has 0 saturated carbocycles. The largest absolute Gasteiger partial charge is 0.489 e. The van der Waals surface area contributed by atoms with Crippen LogP contribution in [0.4, 0.5) is 0 Å². The second-order valence-corrected chi connectivity index (χ2v) is 5.24. The quantitative estimate of drug-likeness (QED) is 0.822. The van der Waals surface area contributed by atoms with Crippen LogP contribution in [0.1, 0.15) is 31.4 Å². The average molecular weight is 270 g/mol. The van der Waals surface area contributed by atoms with E-state index in [1.54, 1.807) is 0 Å². The highest BCUT2D eigenvalue weighted by Crippen LogP contribution is 2.13. The fraction of sp³-hybridized carbons (Fsp3) is 0.333. The van der Waals surface area contributed by atoms with Gasteiger partial charge >= 0.3 is 0 Å². The maximum atomic E-state index is 5.78. The number of nitrogens with two attached hydrogens (primary N) is 1. The van der Waals surface area contributed by atoms with Crippen molar-refractivity contribution >= 4 is 0 Å². The Balaban J connectivity index is 1.82. The first-order chi connectivity index (χ1) is 9.78. The smallest absolute Gasteiger partial charge is 0.119 e. The second kappa shape index (κ2) is 7.71. The summed E-state index contributed by atoms with van der Waals surface area (Å²) in [6.45, 7) is 6.15. The third kappa shape index (κ3) is 4.71. The molecule has 0 fully saturated rings. The molecular formula is C18H24NO+. The summed E-state index contributed by atoms with van der Waals surface area (Å²) in [6, 6.07) is 19.4. The van der Waals surface area contributed by atoms with Crippen molar-refractivity contribution in [2.45, 2.75) is 39.5 Å². The van der Waals surface area contributed by atoms with Crippen molar-refractivity contribution in [1.82, 2.24) is 0 Å². The van der Waals surface area contributed by atoms with Gasteiger partial charge in [0, 0.05) is 5.56 Å². The highest BCUT2D eigenvalue weighted by atomic mass is 16.5. The summed E-state index contributed by atoms with van der Waals surface area (Å²) < 4.78 is 5.78. The molecule has 20 heavy (non-hydrogen) atoms. The molecule has 0 aromatic heterocycles. The number of hydrogen-bond acceptors (Lipinski definition) is 1. The first-order valence-corrected chi connectivity index (χ1v) is 7.37. The Morgan fingerprint density at radius 2 is 1.65 bits per heavy atom. The third-order valence-electron chi connectivity index (χ3n) is 3.57. The van der Waals surface area contributed by atoms with Crippen molar-refractivity contribution in [2.24, 2.45) is 0 Å². The van der Waals surface area contributed by atoms with Crippen LogP contribution in [-0.4, -0.2) is 6.04 Å². The lowest BCUT2D eigenvalue weighted by Gasteiger charge is -2.09. The Morgan fingerprint density at radius 3 is 2.30 bits per heavy atom. The van der Waals surface area contributed by atoms with Gasteiger partial charge in [-0.2, -0.15) is 0 Å². The van der Waals surface area contributed by atoms with Crippen LogP contribution in [0, 0.1) is 0 Å². The van der Waals surface area contributed by atoms with Gasteiger partial charge in [-0.05, 0) is 43.2 Å². The van der Waals surface area contributed by atoms with Crippen molar-refractivity contribution in [1.29, 1.82) is 0 Å². The molecule has 2 aromatic carbocycles. The summed E-state index contributed by atoms with van der Waals surface area (Å²) in [5, 5.41) is 2.37. The first kappa shape index (κ1) is 14.6. The van der Waals surface area contributed by atoms with Gasteiger partial charge in [-0.1, -0.05) is 37.3 Å². The Bertz CT molecular complexity index is 493. The van der Waals surface area contributed by atoms with Gasteiger partial charge in [0.25, 0.3) is 0 Å². The molecule has 0 aliphatic rings. The molecule has 2 N–H and O–H groups in total. The Labute approximate surface area is 121 Å². The molecule has 0 radical (unpaired) electrons. The standard InChI is InChI=1S/C18H23NO/c1-3-15(2)19-13-16-9-11-18(12-10-16)20-14-17-7-5-4-6-8-17/h4-12,15,19H,3,13-14H2,1-2H3/p+1/t15-/m1/s1. The summed E-state index contributed by atoms with van der Waals surface area (Å²) in [4.78, 5) is 0. The summed E-state index contributed by atoms with van der Waals surface area (Å²) in [5.74, 6) is 0.932. The number of rotatable bonds is 7. The van der Waals surface area contributed by atoms with Crippen LogP contribution in [-0.2, 0) is 13.2 Å². The van der Waals surface area contributed by atoms with E-state index >= 15 is 0 Å². The van der Waals surface area contributed by atoms with E-state index in [0.29, 0.717) is 12.6 Å². The molecule has 1 atom stereocenters.